The minimum absolute atomic E-state index is 0.170. The second-order valence-corrected chi connectivity index (χ2v) is 5.87. The molecule has 0 aromatic heterocycles. The first-order valence-corrected chi connectivity index (χ1v) is 6.29. The van der Waals surface area contributed by atoms with E-state index in [0.29, 0.717) is 13.1 Å². The summed E-state index contributed by atoms with van der Waals surface area (Å²) in [6.07, 6.45) is 3.91. The monoisotopic (exact) mass is 215 g/mol. The van der Waals surface area contributed by atoms with Crippen molar-refractivity contribution in [1.82, 2.24) is 4.31 Å². The summed E-state index contributed by atoms with van der Waals surface area (Å²) >= 11 is 0. The molecule has 1 rings (SSSR count). The van der Waals surface area contributed by atoms with Gasteiger partial charge in [-0.1, -0.05) is 23.3 Å². The first-order valence-electron chi connectivity index (χ1n) is 4.68. The molecular weight excluding hydrogens is 198 g/mol. The number of allylic oxidation sites excluding steroid dienone is 1. The van der Waals surface area contributed by atoms with E-state index < -0.39 is 10.0 Å². The Bertz CT molecular complexity index is 362. The second kappa shape index (κ2) is 4.28. The molecule has 0 spiro atoms. The van der Waals surface area contributed by atoms with E-state index in [1.54, 1.807) is 0 Å². The molecule has 0 aromatic rings. The number of hydrogen-bond donors (Lipinski definition) is 0. The van der Waals surface area contributed by atoms with Crippen molar-refractivity contribution in [2.24, 2.45) is 0 Å². The molecule has 4 heteroatoms. The highest BCUT2D eigenvalue weighted by Crippen LogP contribution is 2.13. The van der Waals surface area contributed by atoms with Crippen molar-refractivity contribution >= 4 is 10.0 Å². The zero-order chi connectivity index (χ0) is 10.8. The molecule has 0 atom stereocenters. The molecule has 0 amide bonds. The van der Waals surface area contributed by atoms with Crippen LogP contribution in [-0.2, 0) is 10.0 Å². The minimum atomic E-state index is -3.05. The van der Waals surface area contributed by atoms with Gasteiger partial charge in [-0.25, -0.2) is 8.42 Å². The summed E-state index contributed by atoms with van der Waals surface area (Å²) in [6.45, 7) is 6.80. The van der Waals surface area contributed by atoms with Crippen molar-refractivity contribution in [1.29, 1.82) is 0 Å². The molecule has 0 fully saturated rings. The summed E-state index contributed by atoms with van der Waals surface area (Å²) in [5.41, 5.74) is 2.09. The third kappa shape index (κ3) is 2.96. The average molecular weight is 215 g/mol. The van der Waals surface area contributed by atoms with E-state index >= 15 is 0 Å². The van der Waals surface area contributed by atoms with Gasteiger partial charge >= 0.3 is 0 Å². The van der Waals surface area contributed by atoms with Crippen molar-refractivity contribution in [3.63, 3.8) is 0 Å². The molecule has 0 aliphatic carbocycles. The van der Waals surface area contributed by atoms with Gasteiger partial charge in [-0.3, -0.25) is 0 Å². The normalized spacial score (nSPS) is 21.5. The Hall–Kier alpha value is -0.610. The second-order valence-electron chi connectivity index (χ2n) is 3.91. The van der Waals surface area contributed by atoms with E-state index in [1.165, 1.54) is 4.31 Å². The average Bonchev–Trinajstić information content (AvgIpc) is 2.00. The lowest BCUT2D eigenvalue weighted by Crippen LogP contribution is -2.36. The summed E-state index contributed by atoms with van der Waals surface area (Å²) in [5.74, 6) is 0.170. The van der Waals surface area contributed by atoms with E-state index in [1.807, 2.05) is 32.9 Å². The van der Waals surface area contributed by atoms with Crippen LogP contribution >= 0.6 is 0 Å². The van der Waals surface area contributed by atoms with Crippen LogP contribution < -0.4 is 0 Å². The van der Waals surface area contributed by atoms with Gasteiger partial charge in [0.05, 0.1) is 5.75 Å². The van der Waals surface area contributed by atoms with Crippen LogP contribution in [0.1, 0.15) is 20.8 Å². The topological polar surface area (TPSA) is 37.4 Å². The maximum atomic E-state index is 11.7. The lowest BCUT2D eigenvalue weighted by atomic mass is 10.3. The molecular formula is C10H17NO2S. The predicted octanol–water partition coefficient (Wildman–Crippen LogP) is 1.54. The maximum absolute atomic E-state index is 11.7. The van der Waals surface area contributed by atoms with Gasteiger partial charge in [0, 0.05) is 13.1 Å². The maximum Gasteiger partial charge on any atom is 0.218 e. The highest BCUT2D eigenvalue weighted by Gasteiger charge is 2.23. The third-order valence-corrected chi connectivity index (χ3v) is 4.06. The lowest BCUT2D eigenvalue weighted by molar-refractivity contribution is 0.468. The predicted molar refractivity (Wildman–Crippen MR) is 58.5 cm³/mol. The Morgan fingerprint density at radius 1 is 1.57 bits per heavy atom. The van der Waals surface area contributed by atoms with Crippen molar-refractivity contribution < 1.29 is 8.42 Å². The molecule has 1 aliphatic rings. The molecule has 0 N–H and O–H groups in total. The van der Waals surface area contributed by atoms with E-state index in [-0.39, 0.29) is 5.75 Å². The summed E-state index contributed by atoms with van der Waals surface area (Å²) in [6, 6.07) is 0. The van der Waals surface area contributed by atoms with Gasteiger partial charge in [-0.2, -0.15) is 4.31 Å². The molecule has 0 saturated carbocycles. The molecule has 0 aromatic carbocycles. The molecule has 80 valence electrons. The third-order valence-electron chi connectivity index (χ3n) is 2.15. The van der Waals surface area contributed by atoms with Crippen LogP contribution in [0.2, 0.25) is 0 Å². The quantitative estimate of drug-likeness (QED) is 0.655. The molecule has 3 nitrogen and oxygen atoms in total. The van der Waals surface area contributed by atoms with Gasteiger partial charge in [0.15, 0.2) is 0 Å². The van der Waals surface area contributed by atoms with Gasteiger partial charge in [0.2, 0.25) is 10.0 Å². The van der Waals surface area contributed by atoms with E-state index in [9.17, 15) is 8.42 Å². The SMILES string of the molecule is CC(C)=CCN1CC=C(C)CS1(=O)=O. The van der Waals surface area contributed by atoms with Crippen LogP contribution in [0.4, 0.5) is 0 Å². The van der Waals surface area contributed by atoms with Crippen molar-refractivity contribution in [2.45, 2.75) is 20.8 Å². The largest absolute Gasteiger partial charge is 0.218 e. The summed E-state index contributed by atoms with van der Waals surface area (Å²) in [5, 5.41) is 0. The molecule has 14 heavy (non-hydrogen) atoms. The standard InChI is InChI=1S/C10H17NO2S/c1-9(2)4-6-11-7-5-10(3)8-14(11,12)13/h4-5H,6-8H2,1-3H3. The van der Waals surface area contributed by atoms with Crippen LogP contribution in [-0.4, -0.2) is 31.6 Å². The molecule has 0 radical (unpaired) electrons. The van der Waals surface area contributed by atoms with Gasteiger partial charge < -0.3 is 0 Å². The zero-order valence-corrected chi connectivity index (χ0v) is 9.76. The molecule has 1 heterocycles. The number of rotatable bonds is 2. The molecule has 0 saturated heterocycles. The van der Waals surface area contributed by atoms with Crippen molar-refractivity contribution in [3.8, 4) is 0 Å². The number of nitrogens with zero attached hydrogens (tertiary/aromatic N) is 1. The van der Waals surface area contributed by atoms with Crippen LogP contribution in [0.3, 0.4) is 0 Å². The Balaban J connectivity index is 2.76. The smallest absolute Gasteiger partial charge is 0.212 e. The summed E-state index contributed by atoms with van der Waals surface area (Å²) in [7, 11) is -3.05. The number of sulfonamides is 1. The summed E-state index contributed by atoms with van der Waals surface area (Å²) in [4.78, 5) is 0. The minimum Gasteiger partial charge on any atom is -0.212 e. The van der Waals surface area contributed by atoms with Gasteiger partial charge in [-0.15, -0.1) is 0 Å². The molecule has 1 aliphatic heterocycles. The van der Waals surface area contributed by atoms with Crippen LogP contribution in [0.5, 0.6) is 0 Å². The van der Waals surface area contributed by atoms with Crippen molar-refractivity contribution in [3.05, 3.63) is 23.3 Å². The lowest BCUT2D eigenvalue weighted by Gasteiger charge is -2.23. The summed E-state index contributed by atoms with van der Waals surface area (Å²) < 4.78 is 24.8. The van der Waals surface area contributed by atoms with Crippen LogP contribution in [0.25, 0.3) is 0 Å². The molecule has 0 bridgehead atoms. The van der Waals surface area contributed by atoms with E-state index in [4.69, 9.17) is 0 Å². The van der Waals surface area contributed by atoms with E-state index in [2.05, 4.69) is 0 Å². The fraction of sp³-hybridized carbons (Fsp3) is 0.600. The van der Waals surface area contributed by atoms with Crippen LogP contribution in [0.15, 0.2) is 23.3 Å². The highest BCUT2D eigenvalue weighted by atomic mass is 32.2. The van der Waals surface area contributed by atoms with Gasteiger partial charge in [0.25, 0.3) is 0 Å². The first kappa shape index (κ1) is 11.5. The fourth-order valence-electron chi connectivity index (χ4n) is 1.28. The Morgan fingerprint density at radius 2 is 2.21 bits per heavy atom. The zero-order valence-electron chi connectivity index (χ0n) is 8.95. The Labute approximate surface area is 86.2 Å². The fourth-order valence-corrected chi connectivity index (χ4v) is 2.76. The Morgan fingerprint density at radius 3 is 2.71 bits per heavy atom. The van der Waals surface area contributed by atoms with Gasteiger partial charge in [-0.05, 0) is 20.8 Å². The first-order chi connectivity index (χ1) is 6.42. The highest BCUT2D eigenvalue weighted by molar-refractivity contribution is 7.89. The van der Waals surface area contributed by atoms with Crippen LogP contribution in [0, 0.1) is 0 Å². The Kier molecular flexibility index (Phi) is 3.50. The van der Waals surface area contributed by atoms with Gasteiger partial charge in [0.1, 0.15) is 0 Å². The van der Waals surface area contributed by atoms with Crippen molar-refractivity contribution in [2.75, 3.05) is 18.8 Å². The van der Waals surface area contributed by atoms with E-state index in [0.717, 1.165) is 11.1 Å². The number of hydrogen-bond acceptors (Lipinski definition) is 2. The molecule has 0 unspecified atom stereocenters.